The second kappa shape index (κ2) is 14.6. The minimum absolute atomic E-state index is 0.0181. The number of hydrogen-bond acceptors (Lipinski definition) is 7. The molecule has 1 aromatic rings. The Bertz CT molecular complexity index is 922. The summed E-state index contributed by atoms with van der Waals surface area (Å²) in [6.45, 7) is 13.7. The summed E-state index contributed by atoms with van der Waals surface area (Å²) in [6, 6.07) is 2.73. The van der Waals surface area contributed by atoms with Crippen molar-refractivity contribution in [1.29, 1.82) is 0 Å². The number of carbonyl (C=O) groups is 4. The van der Waals surface area contributed by atoms with E-state index in [2.05, 4.69) is 10.6 Å². The second-order valence-corrected chi connectivity index (χ2v) is 9.94. The van der Waals surface area contributed by atoms with Gasteiger partial charge in [0, 0.05) is 12.6 Å². The van der Waals surface area contributed by atoms with Crippen LogP contribution in [0.25, 0.3) is 0 Å². The molecule has 0 aromatic heterocycles. The molecule has 0 fully saturated rings. The van der Waals surface area contributed by atoms with E-state index in [1.165, 1.54) is 4.90 Å². The number of esters is 1. The van der Waals surface area contributed by atoms with Gasteiger partial charge < -0.3 is 30.1 Å². The molecule has 3 amide bonds. The molecule has 0 aliphatic carbocycles. The van der Waals surface area contributed by atoms with Gasteiger partial charge in [-0.25, -0.2) is 4.79 Å². The van der Waals surface area contributed by atoms with E-state index in [4.69, 9.17) is 9.47 Å². The molecule has 0 bridgehead atoms. The lowest BCUT2D eigenvalue weighted by Crippen LogP contribution is -2.56. The van der Waals surface area contributed by atoms with Crippen molar-refractivity contribution in [2.75, 3.05) is 19.8 Å². The number of nitrogens with one attached hydrogen (secondary N) is 2. The van der Waals surface area contributed by atoms with Crippen LogP contribution in [0.3, 0.4) is 0 Å². The van der Waals surface area contributed by atoms with Crippen molar-refractivity contribution in [2.24, 2.45) is 0 Å². The van der Waals surface area contributed by atoms with Gasteiger partial charge in [-0.1, -0.05) is 25.1 Å². The first-order chi connectivity index (χ1) is 17.3. The van der Waals surface area contributed by atoms with Crippen LogP contribution in [-0.2, 0) is 23.9 Å². The number of aryl methyl sites for hydroxylation is 2. The minimum Gasteiger partial charge on any atom is -0.466 e. The molecule has 0 aliphatic heterocycles. The first-order valence-corrected chi connectivity index (χ1v) is 12.7. The molecule has 10 heteroatoms. The van der Waals surface area contributed by atoms with Gasteiger partial charge in [-0.2, -0.15) is 0 Å². The van der Waals surface area contributed by atoms with E-state index in [0.717, 1.165) is 11.1 Å². The zero-order valence-electron chi connectivity index (χ0n) is 23.3. The smallest absolute Gasteiger partial charge is 0.408 e. The maximum atomic E-state index is 13.8. The molecule has 1 rings (SSSR count). The predicted molar refractivity (Wildman–Crippen MR) is 140 cm³/mol. The summed E-state index contributed by atoms with van der Waals surface area (Å²) in [5, 5.41) is 15.2. The van der Waals surface area contributed by atoms with Gasteiger partial charge in [-0.3, -0.25) is 14.4 Å². The number of carbonyl (C=O) groups excluding carboxylic acids is 4. The molecule has 10 nitrogen and oxygen atoms in total. The molecule has 208 valence electrons. The van der Waals surface area contributed by atoms with Crippen molar-refractivity contribution in [3.05, 3.63) is 34.9 Å². The van der Waals surface area contributed by atoms with Gasteiger partial charge in [0.2, 0.25) is 11.8 Å². The summed E-state index contributed by atoms with van der Waals surface area (Å²) in [6.07, 6.45) is -0.365. The predicted octanol–water partition coefficient (Wildman–Crippen LogP) is 2.93. The van der Waals surface area contributed by atoms with Crippen molar-refractivity contribution < 1.29 is 33.8 Å². The summed E-state index contributed by atoms with van der Waals surface area (Å²) in [5.41, 5.74) is 1.43. The number of amides is 3. The zero-order valence-corrected chi connectivity index (χ0v) is 23.3. The van der Waals surface area contributed by atoms with E-state index in [1.807, 2.05) is 39.0 Å². The van der Waals surface area contributed by atoms with Crippen molar-refractivity contribution >= 4 is 23.9 Å². The average Bonchev–Trinajstić information content (AvgIpc) is 2.80. The quantitative estimate of drug-likeness (QED) is 0.360. The van der Waals surface area contributed by atoms with Crippen LogP contribution in [0.2, 0.25) is 0 Å². The molecule has 3 unspecified atom stereocenters. The van der Waals surface area contributed by atoms with Crippen LogP contribution in [0.15, 0.2) is 18.2 Å². The lowest BCUT2D eigenvalue weighted by atomic mass is 9.92. The Kier molecular flexibility index (Phi) is 12.6. The Labute approximate surface area is 220 Å². The van der Waals surface area contributed by atoms with E-state index < -0.39 is 54.2 Å². The van der Waals surface area contributed by atoms with E-state index in [0.29, 0.717) is 12.0 Å². The fourth-order valence-corrected chi connectivity index (χ4v) is 3.88. The summed E-state index contributed by atoms with van der Waals surface area (Å²) in [4.78, 5) is 53.0. The van der Waals surface area contributed by atoms with E-state index in [1.54, 1.807) is 34.6 Å². The topological polar surface area (TPSA) is 134 Å². The summed E-state index contributed by atoms with van der Waals surface area (Å²) < 4.78 is 10.2. The highest BCUT2D eigenvalue weighted by atomic mass is 16.6. The molecule has 3 N–H and O–H groups in total. The molecular weight excluding hydrogens is 478 g/mol. The van der Waals surface area contributed by atoms with Crippen molar-refractivity contribution in [2.45, 2.75) is 92.0 Å². The van der Waals surface area contributed by atoms with E-state index in [-0.39, 0.29) is 19.6 Å². The van der Waals surface area contributed by atoms with Gasteiger partial charge in [0.1, 0.15) is 17.7 Å². The number of rotatable bonds is 12. The maximum Gasteiger partial charge on any atom is 0.408 e. The lowest BCUT2D eigenvalue weighted by Gasteiger charge is -2.39. The van der Waals surface area contributed by atoms with Crippen molar-refractivity contribution in [1.82, 2.24) is 15.5 Å². The van der Waals surface area contributed by atoms with Crippen LogP contribution in [0.1, 0.15) is 77.1 Å². The van der Waals surface area contributed by atoms with Crippen LogP contribution < -0.4 is 10.6 Å². The van der Waals surface area contributed by atoms with Gasteiger partial charge in [0.25, 0.3) is 0 Å². The molecule has 1 aromatic carbocycles. The highest BCUT2D eigenvalue weighted by molar-refractivity contribution is 5.93. The molecule has 37 heavy (non-hydrogen) atoms. The highest BCUT2D eigenvalue weighted by Crippen LogP contribution is 2.31. The molecule has 0 aliphatic rings. The lowest BCUT2D eigenvalue weighted by molar-refractivity contribution is -0.146. The number of alkyl carbamates (subject to hydrolysis) is 1. The molecule has 0 saturated carbocycles. The minimum atomic E-state index is -1.33. The number of nitrogens with zero attached hydrogens (tertiary/aromatic N) is 1. The Hall–Kier alpha value is -3.14. The summed E-state index contributed by atoms with van der Waals surface area (Å²) in [5.74, 6) is -1.55. The Balaban J connectivity index is 3.45. The Morgan fingerprint density at radius 2 is 1.68 bits per heavy atom. The van der Waals surface area contributed by atoms with Crippen LogP contribution in [0, 0.1) is 13.8 Å². The van der Waals surface area contributed by atoms with Gasteiger partial charge >= 0.3 is 12.1 Å². The van der Waals surface area contributed by atoms with Crippen LogP contribution in [-0.4, -0.2) is 71.3 Å². The van der Waals surface area contributed by atoms with E-state index >= 15 is 0 Å². The van der Waals surface area contributed by atoms with Gasteiger partial charge in [-0.05, 0) is 71.6 Å². The fraction of sp³-hybridized carbons (Fsp3) is 0.630. The number of benzene rings is 1. The Morgan fingerprint density at radius 1 is 1.08 bits per heavy atom. The summed E-state index contributed by atoms with van der Waals surface area (Å²) in [7, 11) is 0. The third-order valence-electron chi connectivity index (χ3n) is 5.77. The number of ether oxygens (including phenoxy) is 2. The molecule has 0 radical (unpaired) electrons. The van der Waals surface area contributed by atoms with Crippen LogP contribution >= 0.6 is 0 Å². The van der Waals surface area contributed by atoms with Crippen LogP contribution in [0.5, 0.6) is 0 Å². The highest BCUT2D eigenvalue weighted by Gasteiger charge is 2.39. The molecule has 0 spiro atoms. The van der Waals surface area contributed by atoms with Crippen molar-refractivity contribution in [3.8, 4) is 0 Å². The third-order valence-corrected chi connectivity index (χ3v) is 5.77. The standard InChI is InChI=1S/C27H43N3O7/c1-9-19(5)30(25(34)20(16-31)29-26(35)37-27(6,7)8)23(22-17(3)12-11-13-18(22)4)24(33)28-15-14-21(32)36-10-2/h11-13,19-20,23,31H,9-10,14-16H2,1-8H3,(H,28,33)(H,29,35). The third kappa shape index (κ3) is 9.68. The Morgan fingerprint density at radius 3 is 2.16 bits per heavy atom. The second-order valence-electron chi connectivity index (χ2n) is 9.94. The van der Waals surface area contributed by atoms with E-state index in [9.17, 15) is 24.3 Å². The van der Waals surface area contributed by atoms with Gasteiger partial charge in [-0.15, -0.1) is 0 Å². The largest absolute Gasteiger partial charge is 0.466 e. The van der Waals surface area contributed by atoms with Crippen LogP contribution in [0.4, 0.5) is 4.79 Å². The molecule has 0 saturated heterocycles. The maximum absolute atomic E-state index is 13.8. The molecule has 0 heterocycles. The summed E-state index contributed by atoms with van der Waals surface area (Å²) >= 11 is 0. The van der Waals surface area contributed by atoms with Crippen molar-refractivity contribution in [3.63, 3.8) is 0 Å². The normalized spacial score (nSPS) is 13.6. The monoisotopic (exact) mass is 521 g/mol. The average molecular weight is 522 g/mol. The first-order valence-electron chi connectivity index (χ1n) is 12.7. The molecular formula is C27H43N3O7. The number of aliphatic hydroxyl groups is 1. The van der Waals surface area contributed by atoms with Gasteiger partial charge in [0.15, 0.2) is 0 Å². The fourth-order valence-electron chi connectivity index (χ4n) is 3.88. The zero-order chi connectivity index (χ0) is 28.3. The van der Waals surface area contributed by atoms with Gasteiger partial charge in [0.05, 0.1) is 19.6 Å². The number of aliphatic hydroxyl groups excluding tert-OH is 1. The number of hydrogen-bond donors (Lipinski definition) is 3. The molecule has 3 atom stereocenters. The SMILES string of the molecule is CCOC(=O)CCNC(=O)C(c1c(C)cccc1C)N(C(=O)C(CO)NC(=O)OC(C)(C)C)C(C)CC. The first kappa shape index (κ1) is 31.9.